The molecule has 1 aliphatic rings. The van der Waals surface area contributed by atoms with Gasteiger partial charge in [-0.3, -0.25) is 14.4 Å². The average Bonchev–Trinajstić information content (AvgIpc) is 3.28. The summed E-state index contributed by atoms with van der Waals surface area (Å²) in [6, 6.07) is 6.21. The predicted molar refractivity (Wildman–Crippen MR) is 112 cm³/mol. The van der Waals surface area contributed by atoms with Gasteiger partial charge in [0.25, 0.3) is 5.91 Å². The van der Waals surface area contributed by atoms with Crippen LogP contribution in [0.1, 0.15) is 42.8 Å². The molecule has 1 atom stereocenters. The van der Waals surface area contributed by atoms with E-state index >= 15 is 0 Å². The van der Waals surface area contributed by atoms with E-state index in [0.29, 0.717) is 31.7 Å². The number of furan rings is 1. The number of aryl methyl sites for hydroxylation is 1. The molecule has 30 heavy (non-hydrogen) atoms. The lowest BCUT2D eigenvalue weighted by molar-refractivity contribution is -0.137. The highest BCUT2D eigenvalue weighted by atomic mass is 16.3. The van der Waals surface area contributed by atoms with Crippen LogP contribution in [0, 0.1) is 18.8 Å². The third-order valence-corrected chi connectivity index (χ3v) is 5.30. The molecule has 0 spiro atoms. The Kier molecular flexibility index (Phi) is 6.87. The Labute approximate surface area is 176 Å². The maximum absolute atomic E-state index is 13.0. The molecule has 3 rings (SSSR count). The van der Waals surface area contributed by atoms with E-state index in [9.17, 15) is 14.4 Å². The normalized spacial score (nSPS) is 15.7. The van der Waals surface area contributed by atoms with E-state index in [2.05, 4.69) is 15.6 Å². The van der Waals surface area contributed by atoms with Crippen molar-refractivity contribution in [3.05, 3.63) is 48.0 Å². The number of rotatable bonds is 6. The van der Waals surface area contributed by atoms with Crippen molar-refractivity contribution >= 4 is 23.5 Å². The molecule has 1 saturated heterocycles. The largest absolute Gasteiger partial charge is 0.459 e. The van der Waals surface area contributed by atoms with Gasteiger partial charge >= 0.3 is 0 Å². The van der Waals surface area contributed by atoms with Crippen LogP contribution < -0.4 is 10.6 Å². The number of nitrogens with one attached hydrogen (secondary N) is 2. The standard InChI is InChI=1S/C22H28N4O4/c1-14(2)19(25-21(28)17-5-4-12-30-17)22(29)26-10-8-16(9-11-26)20(27)24-18-7-6-15(3)13-23-18/h4-7,12-14,16,19H,8-11H2,1-3H3,(H,25,28)(H,23,24,27). The van der Waals surface area contributed by atoms with E-state index in [1.807, 2.05) is 26.8 Å². The minimum absolute atomic E-state index is 0.0787. The van der Waals surface area contributed by atoms with Crippen LogP contribution in [0.5, 0.6) is 0 Å². The lowest BCUT2D eigenvalue weighted by Gasteiger charge is -2.34. The van der Waals surface area contributed by atoms with Gasteiger partial charge in [-0.25, -0.2) is 4.98 Å². The number of hydrogen-bond acceptors (Lipinski definition) is 5. The molecule has 0 saturated carbocycles. The summed E-state index contributed by atoms with van der Waals surface area (Å²) in [7, 11) is 0. The predicted octanol–water partition coefficient (Wildman–Crippen LogP) is 2.61. The number of hydrogen-bond donors (Lipinski definition) is 2. The first-order valence-electron chi connectivity index (χ1n) is 10.2. The summed E-state index contributed by atoms with van der Waals surface area (Å²) in [5, 5.41) is 5.62. The minimum atomic E-state index is -0.648. The molecule has 0 aromatic carbocycles. The Morgan fingerprint density at radius 2 is 1.90 bits per heavy atom. The summed E-state index contributed by atoms with van der Waals surface area (Å²) in [5.74, 6) is -0.170. The van der Waals surface area contributed by atoms with Gasteiger partial charge < -0.3 is 20.0 Å². The Balaban J connectivity index is 1.54. The van der Waals surface area contributed by atoms with Crippen molar-refractivity contribution in [1.29, 1.82) is 0 Å². The second-order valence-corrected chi connectivity index (χ2v) is 7.98. The van der Waals surface area contributed by atoms with Gasteiger partial charge in [0, 0.05) is 25.2 Å². The van der Waals surface area contributed by atoms with E-state index in [1.54, 1.807) is 29.3 Å². The molecule has 2 aromatic rings. The van der Waals surface area contributed by atoms with Crippen molar-refractivity contribution in [2.24, 2.45) is 11.8 Å². The number of piperidine rings is 1. The van der Waals surface area contributed by atoms with Crippen LogP contribution in [0.25, 0.3) is 0 Å². The molecule has 3 heterocycles. The van der Waals surface area contributed by atoms with Crippen molar-refractivity contribution in [2.45, 2.75) is 39.7 Å². The van der Waals surface area contributed by atoms with Crippen LogP contribution in [0.15, 0.2) is 41.1 Å². The summed E-state index contributed by atoms with van der Waals surface area (Å²) in [6.07, 6.45) is 4.27. The monoisotopic (exact) mass is 412 g/mol. The van der Waals surface area contributed by atoms with Crippen molar-refractivity contribution in [1.82, 2.24) is 15.2 Å². The number of carbonyl (C=O) groups is 3. The molecule has 1 unspecified atom stereocenters. The lowest BCUT2D eigenvalue weighted by Crippen LogP contribution is -2.53. The number of amides is 3. The number of nitrogens with zero attached hydrogens (tertiary/aromatic N) is 2. The minimum Gasteiger partial charge on any atom is -0.459 e. The molecule has 8 heteroatoms. The fourth-order valence-electron chi connectivity index (χ4n) is 3.46. The van der Waals surface area contributed by atoms with Crippen molar-refractivity contribution in [3.8, 4) is 0 Å². The number of anilines is 1. The Morgan fingerprint density at radius 1 is 1.17 bits per heavy atom. The van der Waals surface area contributed by atoms with Gasteiger partial charge in [-0.15, -0.1) is 0 Å². The molecular weight excluding hydrogens is 384 g/mol. The van der Waals surface area contributed by atoms with Crippen LogP contribution >= 0.6 is 0 Å². The van der Waals surface area contributed by atoms with Crippen molar-refractivity contribution < 1.29 is 18.8 Å². The molecule has 0 bridgehead atoms. The van der Waals surface area contributed by atoms with E-state index in [4.69, 9.17) is 4.42 Å². The van der Waals surface area contributed by atoms with Gasteiger partial charge in [0.2, 0.25) is 11.8 Å². The Morgan fingerprint density at radius 3 is 2.47 bits per heavy atom. The molecule has 2 N–H and O–H groups in total. The lowest BCUT2D eigenvalue weighted by atomic mass is 9.94. The summed E-state index contributed by atoms with van der Waals surface area (Å²) in [4.78, 5) is 43.8. The van der Waals surface area contributed by atoms with Crippen LogP contribution in [-0.2, 0) is 9.59 Å². The second kappa shape index (κ2) is 9.56. The highest BCUT2D eigenvalue weighted by Crippen LogP contribution is 2.21. The van der Waals surface area contributed by atoms with Crippen molar-refractivity contribution in [2.75, 3.05) is 18.4 Å². The van der Waals surface area contributed by atoms with E-state index in [-0.39, 0.29) is 29.4 Å². The third-order valence-electron chi connectivity index (χ3n) is 5.30. The summed E-state index contributed by atoms with van der Waals surface area (Å²) >= 11 is 0. The van der Waals surface area contributed by atoms with Gasteiger partial charge in [0.1, 0.15) is 11.9 Å². The van der Waals surface area contributed by atoms with Gasteiger partial charge in [-0.2, -0.15) is 0 Å². The van der Waals surface area contributed by atoms with Crippen LogP contribution in [0.4, 0.5) is 5.82 Å². The van der Waals surface area contributed by atoms with Gasteiger partial charge in [-0.1, -0.05) is 19.9 Å². The second-order valence-electron chi connectivity index (χ2n) is 7.98. The fourth-order valence-corrected chi connectivity index (χ4v) is 3.46. The average molecular weight is 412 g/mol. The zero-order valence-electron chi connectivity index (χ0n) is 17.6. The number of aromatic nitrogens is 1. The zero-order chi connectivity index (χ0) is 21.7. The smallest absolute Gasteiger partial charge is 0.287 e. The van der Waals surface area contributed by atoms with Gasteiger partial charge in [0.05, 0.1) is 6.26 Å². The van der Waals surface area contributed by atoms with Crippen LogP contribution in [0.2, 0.25) is 0 Å². The molecular formula is C22H28N4O4. The Hall–Kier alpha value is -3.16. The molecule has 1 fully saturated rings. The maximum Gasteiger partial charge on any atom is 0.287 e. The van der Waals surface area contributed by atoms with Gasteiger partial charge in [0.15, 0.2) is 5.76 Å². The van der Waals surface area contributed by atoms with Crippen LogP contribution in [0.3, 0.4) is 0 Å². The molecule has 3 amide bonds. The summed E-state index contributed by atoms with van der Waals surface area (Å²) < 4.78 is 5.11. The molecule has 1 aliphatic heterocycles. The fraction of sp³-hybridized carbons (Fsp3) is 0.455. The number of carbonyl (C=O) groups excluding carboxylic acids is 3. The number of pyridine rings is 1. The SMILES string of the molecule is Cc1ccc(NC(=O)C2CCN(C(=O)C(NC(=O)c3ccco3)C(C)C)CC2)nc1. The summed E-state index contributed by atoms with van der Waals surface area (Å²) in [6.45, 7) is 6.66. The first-order valence-corrected chi connectivity index (χ1v) is 10.2. The molecule has 0 radical (unpaired) electrons. The quantitative estimate of drug-likeness (QED) is 0.759. The maximum atomic E-state index is 13.0. The first-order chi connectivity index (χ1) is 14.3. The molecule has 0 aliphatic carbocycles. The molecule has 2 aromatic heterocycles. The van der Waals surface area contributed by atoms with E-state index in [1.165, 1.54) is 6.26 Å². The van der Waals surface area contributed by atoms with Crippen molar-refractivity contribution in [3.63, 3.8) is 0 Å². The highest BCUT2D eigenvalue weighted by Gasteiger charge is 2.33. The van der Waals surface area contributed by atoms with E-state index in [0.717, 1.165) is 5.56 Å². The highest BCUT2D eigenvalue weighted by molar-refractivity contribution is 5.96. The molecule has 8 nitrogen and oxygen atoms in total. The first kappa shape index (κ1) is 21.5. The zero-order valence-corrected chi connectivity index (χ0v) is 17.6. The Bertz CT molecular complexity index is 869. The molecule has 160 valence electrons. The topological polar surface area (TPSA) is 105 Å². The van der Waals surface area contributed by atoms with Gasteiger partial charge in [-0.05, 0) is 49.4 Å². The van der Waals surface area contributed by atoms with E-state index < -0.39 is 11.9 Å². The third kappa shape index (κ3) is 5.25. The summed E-state index contributed by atoms with van der Waals surface area (Å²) in [5.41, 5.74) is 1.03. The van der Waals surface area contributed by atoms with Crippen LogP contribution in [-0.4, -0.2) is 46.7 Å². The number of likely N-dealkylation sites (tertiary alicyclic amines) is 1.